The van der Waals surface area contributed by atoms with E-state index in [1.54, 1.807) is 6.07 Å². The van der Waals surface area contributed by atoms with E-state index in [0.29, 0.717) is 5.02 Å². The van der Waals surface area contributed by atoms with E-state index in [9.17, 15) is 4.39 Å². The highest BCUT2D eigenvalue weighted by Crippen LogP contribution is 2.28. The summed E-state index contributed by atoms with van der Waals surface area (Å²) in [7, 11) is 1.90. The van der Waals surface area contributed by atoms with Crippen molar-refractivity contribution in [3.8, 4) is 0 Å². The van der Waals surface area contributed by atoms with Crippen molar-refractivity contribution in [3.63, 3.8) is 0 Å². The zero-order valence-corrected chi connectivity index (χ0v) is 13.7. The molecule has 0 heterocycles. The smallest absolute Gasteiger partial charge is 0.123 e. The van der Waals surface area contributed by atoms with Gasteiger partial charge in [0.15, 0.2) is 0 Å². The van der Waals surface area contributed by atoms with E-state index in [4.69, 9.17) is 11.6 Å². The number of aryl methyl sites for hydroxylation is 1. The number of hydrogen-bond donors (Lipinski definition) is 1. The van der Waals surface area contributed by atoms with Gasteiger partial charge in [-0.1, -0.05) is 23.7 Å². The summed E-state index contributed by atoms with van der Waals surface area (Å²) < 4.78 is 14.2. The molecule has 0 fully saturated rings. The molecule has 2 aromatic carbocycles. The van der Waals surface area contributed by atoms with Crippen LogP contribution in [0.3, 0.4) is 0 Å². The number of likely N-dealkylation sites (N-methyl/N-ethyl adjacent to an activating group) is 1. The van der Waals surface area contributed by atoms with Crippen LogP contribution in [0, 0.1) is 12.7 Å². The topological polar surface area (TPSA) is 12.0 Å². The Morgan fingerprint density at radius 1 is 1.25 bits per heavy atom. The van der Waals surface area contributed by atoms with Crippen molar-refractivity contribution in [2.75, 3.05) is 7.05 Å². The molecule has 2 rings (SSSR count). The van der Waals surface area contributed by atoms with E-state index >= 15 is 0 Å². The largest absolute Gasteiger partial charge is 0.313 e. The summed E-state index contributed by atoms with van der Waals surface area (Å²) in [4.78, 5) is 0. The summed E-state index contributed by atoms with van der Waals surface area (Å²) in [5.74, 6) is -0.200. The van der Waals surface area contributed by atoms with E-state index < -0.39 is 0 Å². The fourth-order valence-corrected chi connectivity index (χ4v) is 2.63. The average Bonchev–Trinajstić information content (AvgIpc) is 2.43. The van der Waals surface area contributed by atoms with Gasteiger partial charge in [0.05, 0.1) is 5.02 Å². The number of nitrogens with one attached hydrogen (secondary N) is 1. The van der Waals surface area contributed by atoms with Crippen LogP contribution in [0.25, 0.3) is 0 Å². The summed E-state index contributed by atoms with van der Waals surface area (Å²) in [5, 5.41) is 3.94. The van der Waals surface area contributed by atoms with Crippen molar-refractivity contribution in [1.82, 2.24) is 5.32 Å². The Hall–Kier alpha value is -0.900. The third kappa shape index (κ3) is 3.60. The number of benzene rings is 2. The molecule has 0 bridgehead atoms. The molecule has 0 aliphatic carbocycles. The van der Waals surface area contributed by atoms with Crippen LogP contribution in [-0.2, 0) is 6.42 Å². The van der Waals surface area contributed by atoms with E-state index in [-0.39, 0.29) is 11.9 Å². The van der Waals surface area contributed by atoms with Gasteiger partial charge in [0.2, 0.25) is 0 Å². The number of rotatable bonds is 4. The maximum atomic E-state index is 13.4. The fourth-order valence-electron chi connectivity index (χ4n) is 2.20. The van der Waals surface area contributed by atoms with Crippen LogP contribution < -0.4 is 5.32 Å². The summed E-state index contributed by atoms with van der Waals surface area (Å²) in [6, 6.07) is 10.9. The first-order valence-corrected chi connectivity index (χ1v) is 7.55. The molecule has 4 heteroatoms. The van der Waals surface area contributed by atoms with Gasteiger partial charge < -0.3 is 5.32 Å². The molecule has 0 saturated carbocycles. The molecule has 1 nitrogen and oxygen atoms in total. The lowest BCUT2D eigenvalue weighted by Crippen LogP contribution is -2.19. The van der Waals surface area contributed by atoms with Gasteiger partial charge in [-0.3, -0.25) is 0 Å². The van der Waals surface area contributed by atoms with Crippen LogP contribution in [0.15, 0.2) is 40.9 Å². The summed E-state index contributed by atoms with van der Waals surface area (Å²) >= 11 is 9.53. The second-order valence-corrected chi connectivity index (χ2v) is 6.05. The molecule has 1 atom stereocenters. The highest BCUT2D eigenvalue weighted by Gasteiger charge is 2.13. The minimum absolute atomic E-state index is 0.0982. The zero-order chi connectivity index (χ0) is 14.7. The van der Waals surface area contributed by atoms with Crippen LogP contribution in [0.4, 0.5) is 4.39 Å². The molecule has 106 valence electrons. The first-order valence-electron chi connectivity index (χ1n) is 6.38. The molecule has 0 radical (unpaired) electrons. The predicted octanol–water partition coefficient (Wildman–Crippen LogP) is 5.05. The summed E-state index contributed by atoms with van der Waals surface area (Å²) in [6.07, 6.45) is 0.720. The maximum absolute atomic E-state index is 13.4. The molecule has 1 N–H and O–H groups in total. The van der Waals surface area contributed by atoms with E-state index in [1.165, 1.54) is 6.07 Å². The Bertz CT molecular complexity index is 615. The zero-order valence-electron chi connectivity index (χ0n) is 11.4. The summed E-state index contributed by atoms with van der Waals surface area (Å²) in [5.41, 5.74) is 3.18. The molecule has 0 aromatic heterocycles. The molecule has 1 unspecified atom stereocenters. The van der Waals surface area contributed by atoms with Gasteiger partial charge in [-0.25, -0.2) is 4.39 Å². The van der Waals surface area contributed by atoms with E-state index in [0.717, 1.165) is 27.6 Å². The van der Waals surface area contributed by atoms with Crippen LogP contribution in [0.5, 0.6) is 0 Å². The highest BCUT2D eigenvalue weighted by molar-refractivity contribution is 9.10. The van der Waals surface area contributed by atoms with Gasteiger partial charge in [-0.05, 0) is 77.3 Å². The van der Waals surface area contributed by atoms with Crippen LogP contribution >= 0.6 is 27.5 Å². The summed E-state index contributed by atoms with van der Waals surface area (Å²) in [6.45, 7) is 2.00. The van der Waals surface area contributed by atoms with E-state index in [1.807, 2.05) is 38.2 Å². The van der Waals surface area contributed by atoms with Crippen molar-refractivity contribution in [2.24, 2.45) is 0 Å². The number of halogens is 3. The average molecular weight is 357 g/mol. The fraction of sp³-hybridized carbons (Fsp3) is 0.250. The predicted molar refractivity (Wildman–Crippen MR) is 85.8 cm³/mol. The third-order valence-electron chi connectivity index (χ3n) is 3.43. The first-order chi connectivity index (χ1) is 9.51. The molecule has 20 heavy (non-hydrogen) atoms. The van der Waals surface area contributed by atoms with Crippen LogP contribution in [0.2, 0.25) is 5.02 Å². The van der Waals surface area contributed by atoms with Gasteiger partial charge in [0.1, 0.15) is 5.82 Å². The van der Waals surface area contributed by atoms with E-state index in [2.05, 4.69) is 21.2 Å². The van der Waals surface area contributed by atoms with Crippen molar-refractivity contribution < 1.29 is 4.39 Å². The molecular formula is C16H16BrClFN. The molecular weight excluding hydrogens is 341 g/mol. The molecule has 0 amide bonds. The molecule has 0 aliphatic heterocycles. The Balaban J connectivity index is 2.28. The number of hydrogen-bond acceptors (Lipinski definition) is 1. The molecule has 0 saturated heterocycles. The highest BCUT2D eigenvalue weighted by atomic mass is 79.9. The van der Waals surface area contributed by atoms with Crippen LogP contribution in [-0.4, -0.2) is 7.05 Å². The Labute approximate surface area is 132 Å². The Kier molecular flexibility index (Phi) is 5.19. The quantitative estimate of drug-likeness (QED) is 0.808. The first kappa shape index (κ1) is 15.5. The Morgan fingerprint density at radius 2 is 2.00 bits per heavy atom. The Morgan fingerprint density at radius 3 is 2.65 bits per heavy atom. The minimum atomic E-state index is -0.200. The molecule has 2 aromatic rings. The second kappa shape index (κ2) is 6.70. The lowest BCUT2D eigenvalue weighted by Gasteiger charge is -2.18. The normalized spacial score (nSPS) is 12.4. The molecule has 0 spiro atoms. The van der Waals surface area contributed by atoms with Gasteiger partial charge in [0.25, 0.3) is 0 Å². The van der Waals surface area contributed by atoms with Gasteiger partial charge in [-0.2, -0.15) is 0 Å². The van der Waals surface area contributed by atoms with Gasteiger partial charge in [0, 0.05) is 10.5 Å². The third-order valence-corrected chi connectivity index (χ3v) is 4.66. The lowest BCUT2D eigenvalue weighted by atomic mass is 9.96. The minimum Gasteiger partial charge on any atom is -0.313 e. The standard InChI is InChI=1S/C16H16BrClFN/c1-10-3-5-13(19)7-12(10)9-16(20-2)11-4-6-14(17)15(18)8-11/h3-8,16,20H,9H2,1-2H3. The lowest BCUT2D eigenvalue weighted by molar-refractivity contribution is 0.582. The monoisotopic (exact) mass is 355 g/mol. The van der Waals surface area contributed by atoms with Gasteiger partial charge >= 0.3 is 0 Å². The maximum Gasteiger partial charge on any atom is 0.123 e. The van der Waals surface area contributed by atoms with Crippen molar-refractivity contribution in [1.29, 1.82) is 0 Å². The van der Waals surface area contributed by atoms with Crippen molar-refractivity contribution in [3.05, 3.63) is 68.4 Å². The van der Waals surface area contributed by atoms with Gasteiger partial charge in [-0.15, -0.1) is 0 Å². The molecule has 0 aliphatic rings. The van der Waals surface area contributed by atoms with Crippen LogP contribution in [0.1, 0.15) is 22.7 Å². The second-order valence-electron chi connectivity index (χ2n) is 4.79. The van der Waals surface area contributed by atoms with Crippen molar-refractivity contribution >= 4 is 27.5 Å². The van der Waals surface area contributed by atoms with Crippen molar-refractivity contribution in [2.45, 2.75) is 19.4 Å². The SMILES string of the molecule is CNC(Cc1cc(F)ccc1C)c1ccc(Br)c(Cl)c1.